The van der Waals surface area contributed by atoms with Gasteiger partial charge in [0.25, 0.3) is 0 Å². The molecule has 6 rings (SSSR count). The summed E-state index contributed by atoms with van der Waals surface area (Å²) in [7, 11) is 0. The molecule has 48 heavy (non-hydrogen) atoms. The number of hydrogen-bond acceptors (Lipinski definition) is 4. The van der Waals surface area contributed by atoms with Gasteiger partial charge in [-0.15, -0.1) is 0 Å². The number of nitriles is 2. The maximum absolute atomic E-state index is 9.48. The Labute approximate surface area is 283 Å². The second-order valence-electron chi connectivity index (χ2n) is 12.5. The number of hydrogen-bond donors (Lipinski definition) is 0. The average Bonchev–Trinajstić information content (AvgIpc) is 3.13. The zero-order chi connectivity index (χ0) is 33.5. The van der Waals surface area contributed by atoms with Crippen LogP contribution in [0, 0.1) is 28.1 Å². The lowest BCUT2D eigenvalue weighted by atomic mass is 9.90. The van der Waals surface area contributed by atoms with E-state index in [1.54, 1.807) is 12.2 Å². The van der Waals surface area contributed by atoms with Crippen molar-refractivity contribution in [3.8, 4) is 34.4 Å². The summed E-state index contributed by atoms with van der Waals surface area (Å²) in [6, 6.07) is 50.5. The van der Waals surface area contributed by atoms with Crippen LogP contribution in [0.25, 0.3) is 28.3 Å². The third kappa shape index (κ3) is 7.20. The monoisotopic (exact) mass is 621 g/mol. The highest BCUT2D eigenvalue weighted by Gasteiger charge is 2.24. The molecule has 0 saturated carbocycles. The number of rotatable bonds is 7. The Bertz CT molecular complexity index is 2000. The van der Waals surface area contributed by atoms with Gasteiger partial charge >= 0.3 is 0 Å². The second-order valence-corrected chi connectivity index (χ2v) is 12.5. The molecule has 1 aliphatic heterocycles. The molecule has 0 saturated heterocycles. The minimum absolute atomic E-state index is 0.0593. The lowest BCUT2D eigenvalue weighted by Crippen LogP contribution is -2.15. The van der Waals surface area contributed by atoms with Crippen LogP contribution in [0.5, 0.6) is 0 Å². The van der Waals surface area contributed by atoms with Crippen LogP contribution >= 0.6 is 0 Å². The van der Waals surface area contributed by atoms with Crippen LogP contribution in [0.2, 0.25) is 0 Å². The van der Waals surface area contributed by atoms with Crippen LogP contribution in [0.4, 0.5) is 17.1 Å². The van der Waals surface area contributed by atoms with Gasteiger partial charge in [-0.1, -0.05) is 124 Å². The van der Waals surface area contributed by atoms with Crippen molar-refractivity contribution < 1.29 is 4.74 Å². The molecular formula is C44H35N3O. The van der Waals surface area contributed by atoms with Gasteiger partial charge in [0, 0.05) is 28.1 Å². The molecule has 0 spiro atoms. The second kappa shape index (κ2) is 14.0. The third-order valence-corrected chi connectivity index (χ3v) is 8.12. The van der Waals surface area contributed by atoms with Gasteiger partial charge in [0.1, 0.15) is 29.2 Å². The molecule has 0 aliphatic carbocycles. The molecule has 0 bridgehead atoms. The van der Waals surface area contributed by atoms with Gasteiger partial charge in [0.2, 0.25) is 0 Å². The van der Waals surface area contributed by atoms with Crippen molar-refractivity contribution in [3.05, 3.63) is 180 Å². The number of benzene rings is 5. The van der Waals surface area contributed by atoms with E-state index in [1.165, 1.54) is 11.1 Å². The fourth-order valence-corrected chi connectivity index (χ4v) is 5.50. The lowest BCUT2D eigenvalue weighted by molar-refractivity contribution is 0.223. The highest BCUT2D eigenvalue weighted by Crippen LogP contribution is 2.38. The first-order valence-electron chi connectivity index (χ1n) is 15.9. The van der Waals surface area contributed by atoms with Crippen molar-refractivity contribution in [2.45, 2.75) is 20.8 Å². The summed E-state index contributed by atoms with van der Waals surface area (Å²) < 4.78 is 6.18. The number of allylic oxidation sites excluding steroid dienone is 6. The van der Waals surface area contributed by atoms with Crippen molar-refractivity contribution in [1.29, 1.82) is 10.5 Å². The van der Waals surface area contributed by atoms with Crippen molar-refractivity contribution in [1.82, 2.24) is 0 Å². The highest BCUT2D eigenvalue weighted by molar-refractivity contribution is 5.80. The summed E-state index contributed by atoms with van der Waals surface area (Å²) in [5, 5.41) is 19.0. The van der Waals surface area contributed by atoms with E-state index in [1.807, 2.05) is 57.2 Å². The van der Waals surface area contributed by atoms with Crippen LogP contribution in [0.15, 0.2) is 174 Å². The van der Waals surface area contributed by atoms with Crippen LogP contribution in [-0.4, -0.2) is 0 Å². The van der Waals surface area contributed by atoms with Gasteiger partial charge in [-0.05, 0) is 82.4 Å². The van der Waals surface area contributed by atoms with Gasteiger partial charge in [-0.2, -0.15) is 10.5 Å². The Hall–Kier alpha value is -6.36. The predicted molar refractivity (Wildman–Crippen MR) is 196 cm³/mol. The quantitative estimate of drug-likeness (QED) is 0.170. The summed E-state index contributed by atoms with van der Waals surface area (Å²) in [4.78, 5) is 2.26. The normalized spacial score (nSPS) is 12.7. The summed E-state index contributed by atoms with van der Waals surface area (Å²) >= 11 is 0. The van der Waals surface area contributed by atoms with Gasteiger partial charge in [0.15, 0.2) is 0 Å². The molecule has 0 N–H and O–H groups in total. The first-order chi connectivity index (χ1) is 23.3. The Morgan fingerprint density at radius 2 is 1.00 bits per heavy atom. The van der Waals surface area contributed by atoms with E-state index in [2.05, 4.69) is 126 Å². The topological polar surface area (TPSA) is 60.0 Å². The number of nitrogens with zero attached hydrogens (tertiary/aromatic N) is 3. The van der Waals surface area contributed by atoms with E-state index in [0.29, 0.717) is 17.1 Å². The molecular weight excluding hydrogens is 587 g/mol. The van der Waals surface area contributed by atoms with Crippen LogP contribution in [0.1, 0.15) is 26.3 Å². The molecule has 4 heteroatoms. The fourth-order valence-electron chi connectivity index (χ4n) is 5.50. The SMILES string of the molecule is CC(C)(C)C1=CC(=C(C#N)C#N)C=C(/C=C/c2ccc(N(c3ccc(-c4ccccc4)cc3)c3ccc(-c4ccccc4)cc3)cc2)O1. The fraction of sp³-hybridized carbons (Fsp3) is 0.0909. The molecule has 1 heterocycles. The zero-order valence-corrected chi connectivity index (χ0v) is 27.3. The molecule has 1 aliphatic rings. The van der Waals surface area contributed by atoms with Crippen molar-refractivity contribution in [2.75, 3.05) is 4.90 Å². The van der Waals surface area contributed by atoms with Crippen LogP contribution in [-0.2, 0) is 4.74 Å². The zero-order valence-electron chi connectivity index (χ0n) is 27.3. The van der Waals surface area contributed by atoms with E-state index in [0.717, 1.165) is 33.8 Å². The van der Waals surface area contributed by atoms with E-state index in [-0.39, 0.29) is 11.0 Å². The standard InChI is InChI=1S/C44H35N3O/c1-44(2,3)43-29-37(38(30-45)31-46)28-42(48-43)27-16-32-14-21-39(22-15-32)47(40-23-17-35(18-24-40)33-10-6-4-7-11-33)41-25-19-36(20-26-41)34-12-8-5-9-13-34/h4-29H,1-3H3/b27-16+. The smallest absolute Gasteiger partial charge is 0.137 e. The van der Waals surface area contributed by atoms with E-state index < -0.39 is 0 Å². The molecule has 232 valence electrons. The maximum atomic E-state index is 9.48. The molecule has 0 radical (unpaired) electrons. The molecule has 5 aromatic carbocycles. The first kappa shape index (κ1) is 31.6. The van der Waals surface area contributed by atoms with Crippen LogP contribution in [0.3, 0.4) is 0 Å². The average molecular weight is 622 g/mol. The number of ether oxygens (including phenoxy) is 1. The van der Waals surface area contributed by atoms with Gasteiger partial charge in [-0.25, -0.2) is 0 Å². The largest absolute Gasteiger partial charge is 0.461 e. The molecule has 0 fully saturated rings. The van der Waals surface area contributed by atoms with Crippen molar-refractivity contribution >= 4 is 23.1 Å². The molecule has 0 amide bonds. The minimum atomic E-state index is -0.293. The summed E-state index contributed by atoms with van der Waals surface area (Å²) in [6.07, 6.45) is 7.37. The first-order valence-corrected chi connectivity index (χ1v) is 15.9. The molecule has 5 aromatic rings. The lowest BCUT2D eigenvalue weighted by Gasteiger charge is -2.26. The molecule has 0 aromatic heterocycles. The molecule has 0 unspecified atom stereocenters. The summed E-state index contributed by atoms with van der Waals surface area (Å²) in [6.45, 7) is 6.11. The predicted octanol–water partition coefficient (Wildman–Crippen LogP) is 11.7. The van der Waals surface area contributed by atoms with E-state index in [9.17, 15) is 10.5 Å². The minimum Gasteiger partial charge on any atom is -0.461 e. The Balaban J connectivity index is 1.31. The van der Waals surface area contributed by atoms with Crippen molar-refractivity contribution in [2.24, 2.45) is 5.41 Å². The van der Waals surface area contributed by atoms with Crippen molar-refractivity contribution in [3.63, 3.8) is 0 Å². The maximum Gasteiger partial charge on any atom is 0.137 e. The molecule has 4 nitrogen and oxygen atoms in total. The number of anilines is 3. The third-order valence-electron chi connectivity index (χ3n) is 8.12. The van der Waals surface area contributed by atoms with Gasteiger partial charge < -0.3 is 9.64 Å². The van der Waals surface area contributed by atoms with Gasteiger partial charge in [-0.3, -0.25) is 0 Å². The molecule has 0 atom stereocenters. The Kier molecular flexibility index (Phi) is 9.19. The summed E-state index contributed by atoms with van der Waals surface area (Å²) in [5.74, 6) is 1.27. The highest BCUT2D eigenvalue weighted by atomic mass is 16.5. The Morgan fingerprint density at radius 1 is 0.562 bits per heavy atom. The van der Waals surface area contributed by atoms with Gasteiger partial charge in [0.05, 0.1) is 0 Å². The van der Waals surface area contributed by atoms with E-state index >= 15 is 0 Å². The summed E-state index contributed by atoms with van der Waals surface area (Å²) in [5.41, 5.74) is 9.13. The Morgan fingerprint density at radius 3 is 1.44 bits per heavy atom. The van der Waals surface area contributed by atoms with Crippen LogP contribution < -0.4 is 4.90 Å². The van der Waals surface area contributed by atoms with E-state index in [4.69, 9.17) is 4.74 Å².